The second-order valence-corrected chi connectivity index (χ2v) is 5.55. The van der Waals surface area contributed by atoms with E-state index in [1.165, 1.54) is 5.56 Å². The molecule has 0 aliphatic carbocycles. The van der Waals surface area contributed by atoms with Crippen molar-refractivity contribution in [3.05, 3.63) is 35.9 Å². The molecular formula is C16H26N2O. The zero-order valence-electron chi connectivity index (χ0n) is 12.1. The van der Waals surface area contributed by atoms with E-state index in [1.807, 2.05) is 0 Å². The molecule has 1 aromatic carbocycles. The van der Waals surface area contributed by atoms with Gasteiger partial charge in [-0.1, -0.05) is 30.3 Å². The van der Waals surface area contributed by atoms with Crippen LogP contribution in [0.25, 0.3) is 0 Å². The molecule has 3 unspecified atom stereocenters. The Balaban J connectivity index is 1.96. The normalized spacial score (nSPS) is 26.3. The Kier molecular flexibility index (Phi) is 5.37. The van der Waals surface area contributed by atoms with E-state index < -0.39 is 0 Å². The highest BCUT2D eigenvalue weighted by Crippen LogP contribution is 2.22. The highest BCUT2D eigenvalue weighted by Gasteiger charge is 2.30. The van der Waals surface area contributed by atoms with E-state index in [0.717, 1.165) is 32.4 Å². The monoisotopic (exact) mass is 262 g/mol. The van der Waals surface area contributed by atoms with Crippen molar-refractivity contribution < 1.29 is 4.74 Å². The SMILES string of the molecule is COC1CCN(C(C)Cc2ccccc2)C(CN)C1. The number of hydrogen-bond acceptors (Lipinski definition) is 3. The molecule has 3 nitrogen and oxygen atoms in total. The lowest BCUT2D eigenvalue weighted by Gasteiger charge is -2.42. The lowest BCUT2D eigenvalue weighted by atomic mass is 9.95. The van der Waals surface area contributed by atoms with Gasteiger partial charge in [-0.3, -0.25) is 4.90 Å². The topological polar surface area (TPSA) is 38.5 Å². The number of hydrogen-bond donors (Lipinski definition) is 1. The largest absolute Gasteiger partial charge is 0.381 e. The van der Waals surface area contributed by atoms with Crippen LogP contribution in [0.3, 0.4) is 0 Å². The first-order chi connectivity index (χ1) is 9.24. The summed E-state index contributed by atoms with van der Waals surface area (Å²) >= 11 is 0. The average molecular weight is 262 g/mol. The van der Waals surface area contributed by atoms with Crippen LogP contribution >= 0.6 is 0 Å². The van der Waals surface area contributed by atoms with Crippen molar-refractivity contribution in [2.24, 2.45) is 5.73 Å². The lowest BCUT2D eigenvalue weighted by molar-refractivity contribution is -0.00105. The molecule has 2 rings (SSSR count). The van der Waals surface area contributed by atoms with Crippen molar-refractivity contribution in [3.63, 3.8) is 0 Å². The number of rotatable bonds is 5. The van der Waals surface area contributed by atoms with Crippen molar-refractivity contribution in [3.8, 4) is 0 Å². The summed E-state index contributed by atoms with van der Waals surface area (Å²) < 4.78 is 5.49. The van der Waals surface area contributed by atoms with Crippen LogP contribution in [0.5, 0.6) is 0 Å². The van der Waals surface area contributed by atoms with Crippen LogP contribution in [0.1, 0.15) is 25.3 Å². The van der Waals surface area contributed by atoms with Gasteiger partial charge in [-0.05, 0) is 31.7 Å². The Morgan fingerprint density at radius 1 is 1.37 bits per heavy atom. The molecule has 3 heteroatoms. The van der Waals surface area contributed by atoms with Crippen molar-refractivity contribution >= 4 is 0 Å². The first-order valence-electron chi connectivity index (χ1n) is 7.27. The van der Waals surface area contributed by atoms with Crippen LogP contribution in [0, 0.1) is 0 Å². The Morgan fingerprint density at radius 2 is 2.11 bits per heavy atom. The van der Waals surface area contributed by atoms with Gasteiger partial charge in [0.05, 0.1) is 6.10 Å². The fraction of sp³-hybridized carbons (Fsp3) is 0.625. The minimum Gasteiger partial charge on any atom is -0.381 e. The molecule has 0 saturated carbocycles. The third-order valence-electron chi connectivity index (χ3n) is 4.26. The highest BCUT2D eigenvalue weighted by atomic mass is 16.5. The van der Waals surface area contributed by atoms with Crippen LogP contribution in [-0.2, 0) is 11.2 Å². The molecule has 19 heavy (non-hydrogen) atoms. The maximum atomic E-state index is 5.94. The molecule has 106 valence electrons. The number of benzene rings is 1. The quantitative estimate of drug-likeness (QED) is 0.882. The van der Waals surface area contributed by atoms with Crippen LogP contribution in [0.15, 0.2) is 30.3 Å². The van der Waals surface area contributed by atoms with Crippen LogP contribution in [0.4, 0.5) is 0 Å². The zero-order valence-corrected chi connectivity index (χ0v) is 12.1. The van der Waals surface area contributed by atoms with Crippen LogP contribution in [-0.4, -0.2) is 43.3 Å². The number of ether oxygens (including phenoxy) is 1. The van der Waals surface area contributed by atoms with E-state index in [-0.39, 0.29) is 0 Å². The summed E-state index contributed by atoms with van der Waals surface area (Å²) in [6, 6.07) is 11.7. The molecule has 0 amide bonds. The summed E-state index contributed by atoms with van der Waals surface area (Å²) in [5.41, 5.74) is 7.35. The molecule has 1 fully saturated rings. The Bertz CT molecular complexity index is 368. The van der Waals surface area contributed by atoms with Gasteiger partial charge < -0.3 is 10.5 Å². The molecule has 1 aromatic rings. The lowest BCUT2D eigenvalue weighted by Crippen LogP contribution is -2.52. The predicted molar refractivity (Wildman–Crippen MR) is 79.2 cm³/mol. The summed E-state index contributed by atoms with van der Waals surface area (Å²) in [5.74, 6) is 0. The number of nitrogens with two attached hydrogens (primary N) is 1. The third kappa shape index (κ3) is 3.78. The standard InChI is InChI=1S/C16H26N2O/c1-13(10-14-6-4-3-5-7-14)18-9-8-16(19-2)11-15(18)12-17/h3-7,13,15-16H,8-12,17H2,1-2H3. The van der Waals surface area contributed by atoms with Gasteiger partial charge in [0, 0.05) is 32.3 Å². The first-order valence-corrected chi connectivity index (χ1v) is 7.27. The van der Waals surface area contributed by atoms with Crippen LogP contribution < -0.4 is 5.73 Å². The summed E-state index contributed by atoms with van der Waals surface area (Å²) in [6.45, 7) is 4.12. The Morgan fingerprint density at radius 3 is 2.74 bits per heavy atom. The van der Waals surface area contributed by atoms with E-state index >= 15 is 0 Å². The highest BCUT2D eigenvalue weighted by molar-refractivity contribution is 5.15. The minimum absolute atomic E-state index is 0.383. The summed E-state index contributed by atoms with van der Waals surface area (Å²) in [6.07, 6.45) is 3.65. The van der Waals surface area contributed by atoms with E-state index in [9.17, 15) is 0 Å². The molecule has 1 aliphatic rings. The molecular weight excluding hydrogens is 236 g/mol. The van der Waals surface area contributed by atoms with Gasteiger partial charge in [0.2, 0.25) is 0 Å². The molecule has 1 heterocycles. The van der Waals surface area contributed by atoms with E-state index in [4.69, 9.17) is 10.5 Å². The second-order valence-electron chi connectivity index (χ2n) is 5.55. The Labute approximate surface area is 116 Å². The number of nitrogens with zero attached hydrogens (tertiary/aromatic N) is 1. The van der Waals surface area contributed by atoms with Crippen molar-refractivity contribution in [2.75, 3.05) is 20.2 Å². The minimum atomic E-state index is 0.383. The predicted octanol–water partition coefficient (Wildman–Crippen LogP) is 2.06. The maximum Gasteiger partial charge on any atom is 0.0599 e. The molecule has 3 atom stereocenters. The van der Waals surface area contributed by atoms with Gasteiger partial charge in [-0.2, -0.15) is 0 Å². The fourth-order valence-corrected chi connectivity index (χ4v) is 3.13. The molecule has 0 bridgehead atoms. The number of piperidine rings is 1. The maximum absolute atomic E-state index is 5.94. The molecule has 0 spiro atoms. The van der Waals surface area contributed by atoms with Gasteiger partial charge in [-0.15, -0.1) is 0 Å². The van der Waals surface area contributed by atoms with Crippen molar-refractivity contribution in [1.29, 1.82) is 0 Å². The second kappa shape index (κ2) is 7.04. The molecule has 1 aliphatic heterocycles. The van der Waals surface area contributed by atoms with Gasteiger partial charge >= 0.3 is 0 Å². The molecule has 1 saturated heterocycles. The summed E-state index contributed by atoms with van der Waals surface area (Å²) in [7, 11) is 1.81. The van der Waals surface area contributed by atoms with Gasteiger partial charge in [0.1, 0.15) is 0 Å². The Hall–Kier alpha value is -0.900. The fourth-order valence-electron chi connectivity index (χ4n) is 3.13. The smallest absolute Gasteiger partial charge is 0.0599 e. The molecule has 0 aromatic heterocycles. The van der Waals surface area contributed by atoms with Gasteiger partial charge in [0.25, 0.3) is 0 Å². The molecule has 0 radical (unpaired) electrons. The number of likely N-dealkylation sites (tertiary alicyclic amines) is 1. The summed E-state index contributed by atoms with van der Waals surface area (Å²) in [5, 5.41) is 0. The van der Waals surface area contributed by atoms with Gasteiger partial charge in [-0.25, -0.2) is 0 Å². The van der Waals surface area contributed by atoms with E-state index in [0.29, 0.717) is 18.2 Å². The van der Waals surface area contributed by atoms with Crippen LogP contribution in [0.2, 0.25) is 0 Å². The zero-order chi connectivity index (χ0) is 13.7. The number of methoxy groups -OCH3 is 1. The van der Waals surface area contributed by atoms with Gasteiger partial charge in [0.15, 0.2) is 0 Å². The molecule has 2 N–H and O–H groups in total. The van der Waals surface area contributed by atoms with Crippen molar-refractivity contribution in [2.45, 2.75) is 44.4 Å². The van der Waals surface area contributed by atoms with Crippen molar-refractivity contribution in [1.82, 2.24) is 4.90 Å². The summed E-state index contributed by atoms with van der Waals surface area (Å²) in [4.78, 5) is 2.56. The van der Waals surface area contributed by atoms with E-state index in [1.54, 1.807) is 7.11 Å². The van der Waals surface area contributed by atoms with E-state index in [2.05, 4.69) is 42.2 Å². The first kappa shape index (κ1) is 14.5. The average Bonchev–Trinajstić information content (AvgIpc) is 2.47. The third-order valence-corrected chi connectivity index (χ3v) is 4.26.